The largest absolute Gasteiger partial charge is 0.478 e. The summed E-state index contributed by atoms with van der Waals surface area (Å²) >= 11 is 0. The highest BCUT2D eigenvalue weighted by Crippen LogP contribution is 2.31. The number of benzene rings is 1. The van der Waals surface area contributed by atoms with E-state index >= 15 is 0 Å². The molecule has 3 nitrogen and oxygen atoms in total. The highest BCUT2D eigenvalue weighted by molar-refractivity contribution is 5.85. The normalized spacial score (nSPS) is 15.3. The third-order valence-corrected chi connectivity index (χ3v) is 3.79. The average Bonchev–Trinajstić information content (AvgIpc) is 3.21. The molecular weight excluding hydrogens is 269 g/mol. The SMILES string of the molecule is CC(C)N(Cc1ccc(C=CC(=O)O)cc1F)CC1CC1. The number of aliphatic carboxylic acids is 1. The molecule has 0 saturated heterocycles. The van der Waals surface area contributed by atoms with Gasteiger partial charge < -0.3 is 5.11 Å². The lowest BCUT2D eigenvalue weighted by Gasteiger charge is -2.26. The van der Waals surface area contributed by atoms with Crippen LogP contribution in [0, 0.1) is 11.7 Å². The molecule has 1 aromatic carbocycles. The fourth-order valence-corrected chi connectivity index (χ4v) is 2.27. The average molecular weight is 291 g/mol. The van der Waals surface area contributed by atoms with Crippen molar-refractivity contribution in [2.45, 2.75) is 39.3 Å². The summed E-state index contributed by atoms with van der Waals surface area (Å²) in [5.74, 6) is -0.535. The van der Waals surface area contributed by atoms with E-state index in [1.54, 1.807) is 12.1 Å². The lowest BCUT2D eigenvalue weighted by atomic mass is 10.1. The van der Waals surface area contributed by atoms with Crippen molar-refractivity contribution in [1.29, 1.82) is 0 Å². The van der Waals surface area contributed by atoms with Crippen LogP contribution in [0.2, 0.25) is 0 Å². The van der Waals surface area contributed by atoms with Crippen LogP contribution in [0.5, 0.6) is 0 Å². The second kappa shape index (κ2) is 6.85. The van der Waals surface area contributed by atoms with Gasteiger partial charge in [0.15, 0.2) is 0 Å². The van der Waals surface area contributed by atoms with Gasteiger partial charge in [-0.3, -0.25) is 4.90 Å². The number of hydrogen-bond donors (Lipinski definition) is 1. The molecule has 0 amide bonds. The van der Waals surface area contributed by atoms with Crippen molar-refractivity contribution in [1.82, 2.24) is 4.90 Å². The predicted molar refractivity (Wildman–Crippen MR) is 81.3 cm³/mol. The summed E-state index contributed by atoms with van der Waals surface area (Å²) in [7, 11) is 0. The standard InChI is InChI=1S/C17H22FNO2/c1-12(2)19(10-14-3-4-14)11-15-7-5-13(9-16(15)18)6-8-17(20)21/h5-9,12,14H,3-4,10-11H2,1-2H3,(H,20,21). The van der Waals surface area contributed by atoms with Gasteiger partial charge in [0.05, 0.1) is 0 Å². The van der Waals surface area contributed by atoms with E-state index in [-0.39, 0.29) is 5.82 Å². The van der Waals surface area contributed by atoms with E-state index in [4.69, 9.17) is 5.11 Å². The summed E-state index contributed by atoms with van der Waals surface area (Å²) in [6.45, 7) is 5.88. The summed E-state index contributed by atoms with van der Waals surface area (Å²) < 4.78 is 14.1. The molecule has 0 aliphatic heterocycles. The van der Waals surface area contributed by atoms with Crippen LogP contribution in [0.4, 0.5) is 4.39 Å². The first kappa shape index (κ1) is 15.7. The van der Waals surface area contributed by atoms with Crippen LogP contribution in [-0.2, 0) is 11.3 Å². The van der Waals surface area contributed by atoms with Gasteiger partial charge in [0.1, 0.15) is 5.82 Å². The van der Waals surface area contributed by atoms with E-state index in [1.807, 2.05) is 0 Å². The second-order valence-electron chi connectivity index (χ2n) is 5.99. The first-order chi connectivity index (χ1) is 9.95. The van der Waals surface area contributed by atoms with Crippen molar-refractivity contribution in [3.8, 4) is 0 Å². The maximum absolute atomic E-state index is 14.1. The number of carbonyl (C=O) groups is 1. The van der Waals surface area contributed by atoms with Gasteiger partial charge in [-0.25, -0.2) is 9.18 Å². The predicted octanol–water partition coefficient (Wildman–Crippen LogP) is 3.54. The van der Waals surface area contributed by atoms with Gasteiger partial charge in [0, 0.05) is 30.8 Å². The third kappa shape index (κ3) is 4.97. The van der Waals surface area contributed by atoms with Crippen molar-refractivity contribution in [2.24, 2.45) is 5.92 Å². The molecule has 114 valence electrons. The Morgan fingerprint density at radius 1 is 1.48 bits per heavy atom. The molecule has 0 heterocycles. The fraction of sp³-hybridized carbons (Fsp3) is 0.471. The number of rotatable bonds is 7. The molecule has 0 unspecified atom stereocenters. The minimum Gasteiger partial charge on any atom is -0.478 e. The Kier molecular flexibility index (Phi) is 5.12. The van der Waals surface area contributed by atoms with Crippen LogP contribution >= 0.6 is 0 Å². The van der Waals surface area contributed by atoms with Crippen molar-refractivity contribution in [3.63, 3.8) is 0 Å². The van der Waals surface area contributed by atoms with Crippen molar-refractivity contribution in [2.75, 3.05) is 6.54 Å². The van der Waals surface area contributed by atoms with E-state index in [1.165, 1.54) is 25.0 Å². The molecule has 0 aromatic heterocycles. The van der Waals surface area contributed by atoms with E-state index in [0.29, 0.717) is 23.7 Å². The van der Waals surface area contributed by atoms with E-state index in [0.717, 1.165) is 18.5 Å². The highest BCUT2D eigenvalue weighted by Gasteiger charge is 2.25. The van der Waals surface area contributed by atoms with Gasteiger partial charge in [-0.1, -0.05) is 12.1 Å². The summed E-state index contributed by atoms with van der Waals surface area (Å²) in [6.07, 6.45) is 4.98. The molecule has 1 fully saturated rings. The Morgan fingerprint density at radius 2 is 2.19 bits per heavy atom. The molecule has 1 N–H and O–H groups in total. The zero-order valence-corrected chi connectivity index (χ0v) is 12.6. The van der Waals surface area contributed by atoms with Crippen molar-refractivity contribution in [3.05, 3.63) is 41.2 Å². The summed E-state index contributed by atoms with van der Waals surface area (Å²) in [5, 5.41) is 8.58. The van der Waals surface area contributed by atoms with Gasteiger partial charge in [-0.15, -0.1) is 0 Å². The Balaban J connectivity index is 2.06. The molecule has 1 saturated carbocycles. The highest BCUT2D eigenvalue weighted by atomic mass is 19.1. The molecule has 1 aromatic rings. The van der Waals surface area contributed by atoms with Crippen LogP contribution in [-0.4, -0.2) is 28.6 Å². The van der Waals surface area contributed by atoms with Gasteiger partial charge in [-0.2, -0.15) is 0 Å². The molecule has 0 radical (unpaired) electrons. The monoisotopic (exact) mass is 291 g/mol. The smallest absolute Gasteiger partial charge is 0.328 e. The number of nitrogens with zero attached hydrogens (tertiary/aromatic N) is 1. The fourth-order valence-electron chi connectivity index (χ4n) is 2.27. The van der Waals surface area contributed by atoms with Crippen LogP contribution < -0.4 is 0 Å². The zero-order valence-electron chi connectivity index (χ0n) is 12.6. The van der Waals surface area contributed by atoms with Gasteiger partial charge >= 0.3 is 5.97 Å². The van der Waals surface area contributed by atoms with E-state index in [9.17, 15) is 9.18 Å². The topological polar surface area (TPSA) is 40.5 Å². The Bertz CT molecular complexity index is 536. The quantitative estimate of drug-likeness (QED) is 0.781. The zero-order chi connectivity index (χ0) is 15.4. The van der Waals surface area contributed by atoms with Crippen LogP contribution in [0.15, 0.2) is 24.3 Å². The molecule has 0 atom stereocenters. The van der Waals surface area contributed by atoms with Crippen LogP contribution in [0.1, 0.15) is 37.8 Å². The van der Waals surface area contributed by atoms with Crippen molar-refractivity contribution >= 4 is 12.0 Å². The number of carboxylic acids is 1. The Hall–Kier alpha value is -1.68. The molecule has 0 bridgehead atoms. The summed E-state index contributed by atoms with van der Waals surface area (Å²) in [4.78, 5) is 12.8. The third-order valence-electron chi connectivity index (χ3n) is 3.79. The van der Waals surface area contributed by atoms with Crippen LogP contribution in [0.25, 0.3) is 6.08 Å². The Morgan fingerprint density at radius 3 is 2.71 bits per heavy atom. The number of halogens is 1. The number of hydrogen-bond acceptors (Lipinski definition) is 2. The van der Waals surface area contributed by atoms with Gasteiger partial charge in [0.2, 0.25) is 0 Å². The first-order valence-electron chi connectivity index (χ1n) is 7.39. The first-order valence-corrected chi connectivity index (χ1v) is 7.39. The lowest BCUT2D eigenvalue weighted by Crippen LogP contribution is -2.32. The van der Waals surface area contributed by atoms with E-state index in [2.05, 4.69) is 18.7 Å². The van der Waals surface area contributed by atoms with Crippen molar-refractivity contribution < 1.29 is 14.3 Å². The van der Waals surface area contributed by atoms with Gasteiger partial charge in [0.25, 0.3) is 0 Å². The molecule has 21 heavy (non-hydrogen) atoms. The van der Waals surface area contributed by atoms with Crippen LogP contribution in [0.3, 0.4) is 0 Å². The minimum atomic E-state index is -1.03. The lowest BCUT2D eigenvalue weighted by molar-refractivity contribution is -0.131. The molecule has 0 spiro atoms. The molecule has 1 aliphatic carbocycles. The molecule has 4 heteroatoms. The summed E-state index contributed by atoms with van der Waals surface area (Å²) in [5.41, 5.74) is 1.23. The molecule has 1 aliphatic rings. The summed E-state index contributed by atoms with van der Waals surface area (Å²) in [6, 6.07) is 5.29. The minimum absolute atomic E-state index is 0.274. The maximum atomic E-state index is 14.1. The Labute approximate surface area is 125 Å². The van der Waals surface area contributed by atoms with Gasteiger partial charge in [-0.05, 0) is 50.3 Å². The van der Waals surface area contributed by atoms with E-state index < -0.39 is 5.97 Å². The number of carboxylic acid groups (broad SMARTS) is 1. The maximum Gasteiger partial charge on any atom is 0.328 e. The molecule has 2 rings (SSSR count). The second-order valence-corrected chi connectivity index (χ2v) is 5.99. The molecular formula is C17H22FNO2.